The molecule has 140 valence electrons. The third-order valence-electron chi connectivity index (χ3n) is 3.79. The first kappa shape index (κ1) is 20.1. The summed E-state index contributed by atoms with van der Waals surface area (Å²) in [7, 11) is 1.68. The summed E-state index contributed by atoms with van der Waals surface area (Å²) in [6.07, 6.45) is 3.94. The van der Waals surface area contributed by atoms with E-state index in [1.807, 2.05) is 23.0 Å². The number of hydrogen-bond donors (Lipinski definition) is 0. The fourth-order valence-corrected chi connectivity index (χ4v) is 4.08. The van der Waals surface area contributed by atoms with Gasteiger partial charge in [-0.2, -0.15) is 5.10 Å². The highest BCUT2D eigenvalue weighted by Gasteiger charge is 2.08. The number of nitrogens with zero attached hydrogens (tertiary/aromatic N) is 3. The van der Waals surface area contributed by atoms with Crippen molar-refractivity contribution in [3.8, 4) is 11.3 Å². The molecular weight excluding hydrogens is 442 g/mol. The van der Waals surface area contributed by atoms with E-state index < -0.39 is 0 Å². The van der Waals surface area contributed by atoms with Gasteiger partial charge in [-0.05, 0) is 36.1 Å². The summed E-state index contributed by atoms with van der Waals surface area (Å²) >= 11 is 6.85. The lowest BCUT2D eigenvalue weighted by Gasteiger charge is -2.04. The summed E-state index contributed by atoms with van der Waals surface area (Å²) in [5, 5.41) is 6.81. The molecule has 0 unspecified atom stereocenters. The second kappa shape index (κ2) is 10.0. The van der Waals surface area contributed by atoms with Gasteiger partial charge in [-0.3, -0.25) is 4.99 Å². The van der Waals surface area contributed by atoms with Crippen LogP contribution in [0.1, 0.15) is 5.56 Å². The number of thioether (sulfide) groups is 1. The Kier molecular flexibility index (Phi) is 7.46. The third-order valence-corrected chi connectivity index (χ3v) is 5.88. The number of aromatic nitrogens is 1. The molecule has 4 nitrogen and oxygen atoms in total. The van der Waals surface area contributed by atoms with Crippen LogP contribution in [0.15, 0.2) is 73.4 Å². The molecule has 0 saturated carbocycles. The van der Waals surface area contributed by atoms with Crippen molar-refractivity contribution >= 4 is 45.2 Å². The average molecular weight is 462 g/mol. The molecule has 0 saturated heterocycles. The Hall–Kier alpha value is -1.67. The number of methoxy groups -OCH3 is 1. The van der Waals surface area contributed by atoms with Crippen LogP contribution in [0.5, 0.6) is 0 Å². The molecule has 1 aromatic heterocycles. The van der Waals surface area contributed by atoms with Gasteiger partial charge in [-0.25, -0.2) is 4.68 Å². The van der Waals surface area contributed by atoms with Gasteiger partial charge in [0.25, 0.3) is 0 Å². The standard InChI is InChI=1S/C20H20BrN3OS2/c1-25-11-10-22-20-24(23-13-15-6-8-18(26-2)9-7-15)19(14-27-20)16-4-3-5-17(21)12-16/h3-9,12-14H,10-11H2,1-2H3. The number of benzene rings is 2. The molecule has 1 heterocycles. The van der Waals surface area contributed by atoms with E-state index >= 15 is 0 Å². The number of ether oxygens (including phenoxy) is 1. The molecule has 2 aromatic carbocycles. The van der Waals surface area contributed by atoms with Gasteiger partial charge in [0.1, 0.15) is 0 Å². The molecule has 0 N–H and O–H groups in total. The smallest absolute Gasteiger partial charge is 0.206 e. The van der Waals surface area contributed by atoms with Crippen LogP contribution < -0.4 is 4.80 Å². The van der Waals surface area contributed by atoms with Crippen LogP contribution in [-0.2, 0) is 4.74 Å². The summed E-state index contributed by atoms with van der Waals surface area (Å²) in [5.41, 5.74) is 3.15. The maximum atomic E-state index is 5.12. The van der Waals surface area contributed by atoms with Gasteiger partial charge in [0.15, 0.2) is 0 Å². The second-order valence-corrected chi connectivity index (χ2v) is 8.25. The van der Waals surface area contributed by atoms with Crippen molar-refractivity contribution in [2.75, 3.05) is 26.5 Å². The zero-order chi connectivity index (χ0) is 19.1. The minimum Gasteiger partial charge on any atom is -0.383 e. The Labute approximate surface area is 175 Å². The predicted octanol–water partition coefficient (Wildman–Crippen LogP) is 5.13. The van der Waals surface area contributed by atoms with Crippen LogP contribution in [0.25, 0.3) is 11.3 Å². The monoisotopic (exact) mass is 461 g/mol. The molecule has 0 amide bonds. The Morgan fingerprint density at radius 1 is 1.22 bits per heavy atom. The number of hydrogen-bond acceptors (Lipinski definition) is 5. The molecule has 0 atom stereocenters. The highest BCUT2D eigenvalue weighted by atomic mass is 79.9. The van der Waals surface area contributed by atoms with Crippen LogP contribution in [0.2, 0.25) is 0 Å². The molecule has 0 fully saturated rings. The van der Waals surface area contributed by atoms with Gasteiger partial charge >= 0.3 is 0 Å². The summed E-state index contributed by atoms with van der Waals surface area (Å²) in [5.74, 6) is 0. The zero-order valence-corrected chi connectivity index (χ0v) is 18.4. The Morgan fingerprint density at radius 2 is 2.04 bits per heavy atom. The molecule has 0 radical (unpaired) electrons. The van der Waals surface area contributed by atoms with Crippen LogP contribution in [0.4, 0.5) is 0 Å². The Bertz CT molecular complexity index is 977. The van der Waals surface area contributed by atoms with Gasteiger partial charge in [0, 0.05) is 27.4 Å². The predicted molar refractivity (Wildman–Crippen MR) is 119 cm³/mol. The van der Waals surface area contributed by atoms with E-state index in [0.29, 0.717) is 13.2 Å². The number of halogens is 1. The van der Waals surface area contributed by atoms with Crippen LogP contribution in [0, 0.1) is 0 Å². The highest BCUT2D eigenvalue weighted by molar-refractivity contribution is 9.10. The van der Waals surface area contributed by atoms with Crippen molar-refractivity contribution in [2.24, 2.45) is 10.1 Å². The van der Waals surface area contributed by atoms with E-state index in [1.54, 1.807) is 30.2 Å². The molecule has 0 bridgehead atoms. The maximum absolute atomic E-state index is 5.12. The largest absolute Gasteiger partial charge is 0.383 e. The molecule has 0 aliphatic rings. The van der Waals surface area contributed by atoms with Crippen LogP contribution in [-0.4, -0.2) is 37.4 Å². The van der Waals surface area contributed by atoms with E-state index in [1.165, 1.54) is 4.90 Å². The van der Waals surface area contributed by atoms with Gasteiger partial charge in [0.2, 0.25) is 4.80 Å². The van der Waals surface area contributed by atoms with E-state index in [9.17, 15) is 0 Å². The first-order valence-corrected chi connectivity index (χ1v) is 11.3. The lowest BCUT2D eigenvalue weighted by molar-refractivity contribution is 0.207. The van der Waals surface area contributed by atoms with Crippen molar-refractivity contribution in [1.29, 1.82) is 0 Å². The Balaban J connectivity index is 2.00. The second-order valence-electron chi connectivity index (χ2n) is 5.62. The summed E-state index contributed by atoms with van der Waals surface area (Å²) < 4.78 is 8.04. The minimum atomic E-state index is 0.587. The molecule has 7 heteroatoms. The molecule has 3 rings (SSSR count). The number of rotatable bonds is 7. The van der Waals surface area contributed by atoms with E-state index in [0.717, 1.165) is 26.1 Å². The lowest BCUT2D eigenvalue weighted by Crippen LogP contribution is -2.13. The van der Waals surface area contributed by atoms with E-state index in [2.05, 4.69) is 69.0 Å². The average Bonchev–Trinajstić information content (AvgIpc) is 3.10. The zero-order valence-electron chi connectivity index (χ0n) is 15.1. The summed E-state index contributed by atoms with van der Waals surface area (Å²) in [4.78, 5) is 6.71. The van der Waals surface area contributed by atoms with Gasteiger partial charge < -0.3 is 4.74 Å². The molecular formula is C20H20BrN3OS2. The SMILES string of the molecule is COCCN=c1scc(-c2cccc(Br)c2)n1N=Cc1ccc(SC)cc1. The highest BCUT2D eigenvalue weighted by Crippen LogP contribution is 2.23. The molecule has 0 aliphatic heterocycles. The van der Waals surface area contributed by atoms with E-state index in [-0.39, 0.29) is 0 Å². The minimum absolute atomic E-state index is 0.587. The molecule has 0 spiro atoms. The molecule has 3 aromatic rings. The normalized spacial score (nSPS) is 12.2. The topological polar surface area (TPSA) is 38.9 Å². The third kappa shape index (κ3) is 5.42. The fraction of sp³-hybridized carbons (Fsp3) is 0.200. The van der Waals surface area contributed by atoms with E-state index in [4.69, 9.17) is 9.84 Å². The molecule has 27 heavy (non-hydrogen) atoms. The van der Waals surface area contributed by atoms with Crippen molar-refractivity contribution in [2.45, 2.75) is 4.90 Å². The first-order chi connectivity index (χ1) is 13.2. The maximum Gasteiger partial charge on any atom is 0.206 e. The molecule has 0 aliphatic carbocycles. The van der Waals surface area contributed by atoms with Crippen molar-refractivity contribution in [1.82, 2.24) is 4.68 Å². The summed E-state index contributed by atoms with van der Waals surface area (Å²) in [6.45, 7) is 1.19. The number of thiazole rings is 1. The quantitative estimate of drug-likeness (QED) is 0.277. The Morgan fingerprint density at radius 3 is 2.74 bits per heavy atom. The van der Waals surface area contributed by atoms with Gasteiger partial charge in [0.05, 0.1) is 25.1 Å². The first-order valence-electron chi connectivity index (χ1n) is 8.35. The van der Waals surface area contributed by atoms with Crippen molar-refractivity contribution in [3.63, 3.8) is 0 Å². The van der Waals surface area contributed by atoms with Crippen molar-refractivity contribution in [3.05, 3.63) is 68.7 Å². The van der Waals surface area contributed by atoms with Crippen LogP contribution >= 0.6 is 39.0 Å². The lowest BCUT2D eigenvalue weighted by atomic mass is 10.2. The van der Waals surface area contributed by atoms with Gasteiger partial charge in [-0.1, -0.05) is 40.2 Å². The van der Waals surface area contributed by atoms with Crippen molar-refractivity contribution < 1.29 is 4.74 Å². The summed E-state index contributed by atoms with van der Waals surface area (Å²) in [6, 6.07) is 16.5. The van der Waals surface area contributed by atoms with Gasteiger partial charge in [-0.15, -0.1) is 23.1 Å². The van der Waals surface area contributed by atoms with Crippen LogP contribution in [0.3, 0.4) is 0 Å². The fourth-order valence-electron chi connectivity index (χ4n) is 2.41.